The van der Waals surface area contributed by atoms with Crippen molar-refractivity contribution in [3.8, 4) is 10.6 Å². The van der Waals surface area contributed by atoms with Gasteiger partial charge >= 0.3 is 0 Å². The lowest BCUT2D eigenvalue weighted by atomic mass is 9.79. The van der Waals surface area contributed by atoms with Gasteiger partial charge in [0.2, 0.25) is 4.96 Å². The standard InChI is InChI=1S/C19H24N4OS/c1-11-16(24)23-17(21-20-11)25-15(22-23)12-8-13(18(2,3)4)10-14(9-12)19(5,6)7/h8-10H,1-7H3. The first-order valence-electron chi connectivity index (χ1n) is 8.36. The van der Waals surface area contributed by atoms with Gasteiger partial charge in [0.05, 0.1) is 0 Å². The van der Waals surface area contributed by atoms with Gasteiger partial charge in [0, 0.05) is 5.56 Å². The average Bonchev–Trinajstić information content (AvgIpc) is 2.94. The molecule has 0 atom stereocenters. The highest BCUT2D eigenvalue weighted by atomic mass is 32.1. The maximum Gasteiger partial charge on any atom is 0.296 e. The molecule has 0 bridgehead atoms. The first-order chi connectivity index (χ1) is 11.5. The molecule has 0 aliphatic carbocycles. The number of hydrogen-bond acceptors (Lipinski definition) is 5. The van der Waals surface area contributed by atoms with Gasteiger partial charge in [-0.15, -0.1) is 10.2 Å². The van der Waals surface area contributed by atoms with E-state index in [0.29, 0.717) is 10.7 Å². The third-order valence-corrected chi connectivity index (χ3v) is 5.21. The van der Waals surface area contributed by atoms with Gasteiger partial charge in [0.25, 0.3) is 5.56 Å². The number of hydrogen-bond donors (Lipinski definition) is 0. The maximum atomic E-state index is 12.2. The summed E-state index contributed by atoms with van der Waals surface area (Å²) >= 11 is 1.39. The molecule has 2 aromatic heterocycles. The molecule has 0 radical (unpaired) electrons. The molecule has 0 spiro atoms. The summed E-state index contributed by atoms with van der Waals surface area (Å²) in [5.74, 6) is 0. The second-order valence-electron chi connectivity index (χ2n) is 8.49. The van der Waals surface area contributed by atoms with Gasteiger partial charge in [0.15, 0.2) is 0 Å². The average molecular weight is 356 g/mol. The number of aromatic nitrogens is 4. The Kier molecular flexibility index (Phi) is 4.06. The van der Waals surface area contributed by atoms with E-state index in [4.69, 9.17) is 0 Å². The molecule has 1 aromatic carbocycles. The van der Waals surface area contributed by atoms with E-state index in [1.807, 2.05) is 0 Å². The van der Waals surface area contributed by atoms with E-state index in [1.54, 1.807) is 6.92 Å². The SMILES string of the molecule is Cc1nnc2sc(-c3cc(C(C)(C)C)cc(C(C)(C)C)c3)nn2c1=O. The van der Waals surface area contributed by atoms with Gasteiger partial charge in [-0.1, -0.05) is 58.9 Å². The topological polar surface area (TPSA) is 60.1 Å². The summed E-state index contributed by atoms with van der Waals surface area (Å²) in [5.41, 5.74) is 3.72. The molecule has 0 N–H and O–H groups in total. The molecule has 0 saturated heterocycles. The minimum absolute atomic E-state index is 0.0277. The Hall–Kier alpha value is -2.08. The third-order valence-electron chi connectivity index (χ3n) is 4.26. The van der Waals surface area contributed by atoms with Crippen LogP contribution in [0.2, 0.25) is 0 Å². The fourth-order valence-electron chi connectivity index (χ4n) is 2.53. The molecular weight excluding hydrogens is 332 g/mol. The van der Waals surface area contributed by atoms with Crippen molar-refractivity contribution in [1.82, 2.24) is 19.8 Å². The zero-order valence-electron chi connectivity index (χ0n) is 15.8. The van der Waals surface area contributed by atoms with Crippen molar-refractivity contribution in [2.45, 2.75) is 59.3 Å². The number of aryl methyl sites for hydroxylation is 1. The van der Waals surface area contributed by atoms with Crippen LogP contribution in [-0.4, -0.2) is 19.8 Å². The van der Waals surface area contributed by atoms with Crippen LogP contribution in [0.4, 0.5) is 0 Å². The highest BCUT2D eigenvalue weighted by Crippen LogP contribution is 2.34. The first-order valence-corrected chi connectivity index (χ1v) is 9.18. The number of benzene rings is 1. The molecule has 6 heteroatoms. The van der Waals surface area contributed by atoms with Crippen LogP contribution in [-0.2, 0) is 10.8 Å². The van der Waals surface area contributed by atoms with E-state index in [-0.39, 0.29) is 16.4 Å². The highest BCUT2D eigenvalue weighted by Gasteiger charge is 2.22. The van der Waals surface area contributed by atoms with Crippen molar-refractivity contribution in [2.24, 2.45) is 0 Å². The predicted molar refractivity (Wildman–Crippen MR) is 103 cm³/mol. The van der Waals surface area contributed by atoms with Gasteiger partial charge in [-0.2, -0.15) is 9.61 Å². The number of fused-ring (bicyclic) bond motifs is 1. The highest BCUT2D eigenvalue weighted by molar-refractivity contribution is 7.19. The van der Waals surface area contributed by atoms with E-state index < -0.39 is 0 Å². The van der Waals surface area contributed by atoms with Gasteiger partial charge in [-0.25, -0.2) is 0 Å². The Morgan fingerprint density at radius 1 is 0.920 bits per heavy atom. The smallest absolute Gasteiger partial charge is 0.265 e. The summed E-state index contributed by atoms with van der Waals surface area (Å²) in [6, 6.07) is 6.60. The van der Waals surface area contributed by atoms with Crippen LogP contribution in [0.15, 0.2) is 23.0 Å². The first kappa shape index (κ1) is 17.7. The fourth-order valence-corrected chi connectivity index (χ4v) is 3.35. The molecule has 0 saturated carbocycles. The van der Waals surface area contributed by atoms with Crippen LogP contribution in [0, 0.1) is 6.92 Å². The second kappa shape index (κ2) is 5.73. The predicted octanol–water partition coefficient (Wildman–Crippen LogP) is 4.12. The molecule has 0 unspecified atom stereocenters. The van der Waals surface area contributed by atoms with Crippen molar-refractivity contribution in [3.05, 3.63) is 45.4 Å². The Morgan fingerprint density at radius 3 is 2.00 bits per heavy atom. The Bertz CT molecular complexity index is 971. The van der Waals surface area contributed by atoms with Crippen molar-refractivity contribution in [1.29, 1.82) is 0 Å². The van der Waals surface area contributed by atoms with Gasteiger partial charge in [0.1, 0.15) is 10.7 Å². The van der Waals surface area contributed by atoms with Crippen LogP contribution in [0.5, 0.6) is 0 Å². The van der Waals surface area contributed by atoms with Crippen LogP contribution < -0.4 is 5.56 Å². The Morgan fingerprint density at radius 2 is 1.48 bits per heavy atom. The largest absolute Gasteiger partial charge is 0.296 e. The monoisotopic (exact) mass is 356 g/mol. The molecule has 132 valence electrons. The van der Waals surface area contributed by atoms with Crippen molar-refractivity contribution in [2.75, 3.05) is 0 Å². The molecule has 0 aliphatic heterocycles. The van der Waals surface area contributed by atoms with E-state index >= 15 is 0 Å². The zero-order valence-corrected chi connectivity index (χ0v) is 16.7. The van der Waals surface area contributed by atoms with Gasteiger partial charge in [-0.3, -0.25) is 4.79 Å². The molecule has 5 nitrogen and oxygen atoms in total. The molecule has 0 aliphatic rings. The third kappa shape index (κ3) is 3.35. The summed E-state index contributed by atoms with van der Waals surface area (Å²) in [6.07, 6.45) is 0. The Labute approximate surface area is 151 Å². The summed E-state index contributed by atoms with van der Waals surface area (Å²) in [5, 5.41) is 13.3. The summed E-state index contributed by atoms with van der Waals surface area (Å²) in [6.45, 7) is 14.9. The van der Waals surface area contributed by atoms with E-state index in [1.165, 1.54) is 27.0 Å². The Balaban J connectivity index is 2.26. The number of nitrogens with zero attached hydrogens (tertiary/aromatic N) is 4. The normalized spacial score (nSPS) is 12.8. The van der Waals surface area contributed by atoms with Gasteiger partial charge < -0.3 is 0 Å². The van der Waals surface area contributed by atoms with E-state index in [2.05, 4.69) is 75.0 Å². The summed E-state index contributed by atoms with van der Waals surface area (Å²) < 4.78 is 1.35. The minimum Gasteiger partial charge on any atom is -0.265 e. The molecular formula is C19H24N4OS. The van der Waals surface area contributed by atoms with E-state index in [9.17, 15) is 4.79 Å². The molecule has 3 aromatic rings. The van der Waals surface area contributed by atoms with Crippen LogP contribution in [0.25, 0.3) is 15.5 Å². The lowest BCUT2D eigenvalue weighted by Crippen LogP contribution is -2.19. The number of rotatable bonds is 1. The summed E-state index contributed by atoms with van der Waals surface area (Å²) in [7, 11) is 0. The maximum absolute atomic E-state index is 12.2. The fraction of sp³-hybridized carbons (Fsp3) is 0.474. The van der Waals surface area contributed by atoms with Crippen molar-refractivity contribution in [3.63, 3.8) is 0 Å². The van der Waals surface area contributed by atoms with Crippen LogP contribution >= 0.6 is 11.3 Å². The van der Waals surface area contributed by atoms with Crippen LogP contribution in [0.3, 0.4) is 0 Å². The quantitative estimate of drug-likeness (QED) is 0.658. The second-order valence-corrected chi connectivity index (χ2v) is 9.45. The molecule has 0 fully saturated rings. The molecule has 25 heavy (non-hydrogen) atoms. The van der Waals surface area contributed by atoms with Crippen molar-refractivity contribution < 1.29 is 0 Å². The molecule has 3 rings (SSSR count). The van der Waals surface area contributed by atoms with Crippen molar-refractivity contribution >= 4 is 16.3 Å². The lowest BCUT2D eigenvalue weighted by molar-refractivity contribution is 0.569. The summed E-state index contributed by atoms with van der Waals surface area (Å²) in [4.78, 5) is 12.7. The van der Waals surface area contributed by atoms with Gasteiger partial charge in [-0.05, 0) is 41.0 Å². The molecule has 2 heterocycles. The zero-order chi connectivity index (χ0) is 18.6. The lowest BCUT2D eigenvalue weighted by Gasteiger charge is -2.25. The minimum atomic E-state index is -0.212. The van der Waals surface area contributed by atoms with E-state index in [0.717, 1.165) is 10.6 Å². The molecule has 0 amide bonds. The van der Waals surface area contributed by atoms with Crippen LogP contribution in [0.1, 0.15) is 58.4 Å².